The zero-order valence-electron chi connectivity index (χ0n) is 16.4. The van der Waals surface area contributed by atoms with Gasteiger partial charge in [0.05, 0.1) is 29.8 Å². The molecule has 2 saturated heterocycles. The van der Waals surface area contributed by atoms with Crippen molar-refractivity contribution in [2.24, 2.45) is 0 Å². The van der Waals surface area contributed by atoms with E-state index in [0.717, 1.165) is 53.9 Å². The first-order valence-corrected chi connectivity index (χ1v) is 10.6. The van der Waals surface area contributed by atoms with Gasteiger partial charge in [-0.25, -0.2) is 4.98 Å². The number of rotatable bonds is 3. The second-order valence-electron chi connectivity index (χ2n) is 7.71. The Morgan fingerprint density at radius 3 is 2.62 bits per heavy atom. The molecule has 0 atom stereocenters. The predicted octanol–water partition coefficient (Wildman–Crippen LogP) is 3.79. The summed E-state index contributed by atoms with van der Waals surface area (Å²) in [5, 5.41) is 9.89. The van der Waals surface area contributed by atoms with Crippen LogP contribution in [0.25, 0.3) is 16.7 Å². The van der Waals surface area contributed by atoms with Crippen molar-refractivity contribution in [2.45, 2.75) is 32.0 Å². The van der Waals surface area contributed by atoms with Crippen molar-refractivity contribution in [2.75, 3.05) is 37.1 Å². The SMILES string of the molecule is Cc1c(CCCl)c(N2CCC3(CC2)OCCO3)n2c(nc3ccccc32)c1C#N. The van der Waals surface area contributed by atoms with Gasteiger partial charge in [0.25, 0.3) is 0 Å². The molecular weight excluding hydrogens is 388 g/mol. The molecular formula is C22H23ClN4O2. The molecule has 0 amide bonds. The quantitative estimate of drug-likeness (QED) is 0.615. The Balaban J connectivity index is 1.72. The average Bonchev–Trinajstić information content (AvgIpc) is 3.35. The van der Waals surface area contributed by atoms with Gasteiger partial charge >= 0.3 is 0 Å². The summed E-state index contributed by atoms with van der Waals surface area (Å²) in [7, 11) is 0. The van der Waals surface area contributed by atoms with Crippen LogP contribution in [0.15, 0.2) is 24.3 Å². The van der Waals surface area contributed by atoms with Gasteiger partial charge in [-0.1, -0.05) is 12.1 Å². The molecule has 0 unspecified atom stereocenters. The summed E-state index contributed by atoms with van der Waals surface area (Å²) in [4.78, 5) is 7.19. The van der Waals surface area contributed by atoms with E-state index in [1.54, 1.807) is 0 Å². The summed E-state index contributed by atoms with van der Waals surface area (Å²) in [5.74, 6) is 1.17. The van der Waals surface area contributed by atoms with E-state index in [2.05, 4.69) is 21.4 Å². The van der Waals surface area contributed by atoms with Crippen LogP contribution >= 0.6 is 11.6 Å². The molecule has 3 aromatic rings. The summed E-state index contributed by atoms with van der Waals surface area (Å²) in [6.45, 7) is 5.00. The van der Waals surface area contributed by atoms with E-state index < -0.39 is 5.79 Å². The van der Waals surface area contributed by atoms with Gasteiger partial charge in [-0.2, -0.15) is 5.26 Å². The van der Waals surface area contributed by atoms with E-state index in [4.69, 9.17) is 26.1 Å². The Morgan fingerprint density at radius 1 is 1.21 bits per heavy atom. The third-order valence-corrected chi connectivity index (χ3v) is 6.38. The number of imidazole rings is 1. The fourth-order valence-electron chi connectivity index (χ4n) is 4.73. The molecule has 0 saturated carbocycles. The fraction of sp³-hybridized carbons (Fsp3) is 0.455. The zero-order chi connectivity index (χ0) is 20.0. The summed E-state index contributed by atoms with van der Waals surface area (Å²) in [6, 6.07) is 10.4. The highest BCUT2D eigenvalue weighted by molar-refractivity contribution is 6.18. The van der Waals surface area contributed by atoms with Crippen molar-refractivity contribution < 1.29 is 9.47 Å². The van der Waals surface area contributed by atoms with Crippen LogP contribution in [-0.2, 0) is 15.9 Å². The number of anilines is 1. The monoisotopic (exact) mass is 410 g/mol. The number of pyridine rings is 1. The van der Waals surface area contributed by atoms with Crippen LogP contribution in [-0.4, -0.2) is 47.4 Å². The molecule has 2 fully saturated rings. The topological polar surface area (TPSA) is 62.8 Å². The van der Waals surface area contributed by atoms with Gasteiger partial charge in [0, 0.05) is 31.8 Å². The Bertz CT molecular complexity index is 1120. The number of alkyl halides is 1. The molecule has 2 aliphatic rings. The largest absolute Gasteiger partial charge is 0.357 e. The standard InChI is InChI=1S/C22H23ClN4O2/c1-15-16(6-9-23)21(26-10-7-22(8-11-26)28-12-13-29-22)27-19-5-3-2-4-18(19)25-20(27)17(15)14-24/h2-5H,6-13H2,1H3. The predicted molar refractivity (Wildman–Crippen MR) is 113 cm³/mol. The molecule has 2 aliphatic heterocycles. The molecule has 29 heavy (non-hydrogen) atoms. The van der Waals surface area contributed by atoms with Gasteiger partial charge in [-0.15, -0.1) is 11.6 Å². The lowest BCUT2D eigenvalue weighted by atomic mass is 9.99. The van der Waals surface area contributed by atoms with Gasteiger partial charge in [0.1, 0.15) is 11.9 Å². The van der Waals surface area contributed by atoms with Crippen LogP contribution in [0.3, 0.4) is 0 Å². The van der Waals surface area contributed by atoms with E-state index in [9.17, 15) is 5.26 Å². The number of halogens is 1. The maximum absolute atomic E-state index is 9.89. The van der Waals surface area contributed by atoms with Crippen LogP contribution in [0.5, 0.6) is 0 Å². The Hall–Kier alpha value is -2.33. The third-order valence-electron chi connectivity index (χ3n) is 6.19. The van der Waals surface area contributed by atoms with Gasteiger partial charge in [0.15, 0.2) is 11.4 Å². The second-order valence-corrected chi connectivity index (χ2v) is 8.09. The molecule has 0 radical (unpaired) electrons. The third kappa shape index (κ3) is 2.88. The lowest BCUT2D eigenvalue weighted by molar-refractivity contribution is -0.169. The van der Waals surface area contributed by atoms with Crippen molar-refractivity contribution in [3.05, 3.63) is 41.0 Å². The lowest BCUT2D eigenvalue weighted by Crippen LogP contribution is -2.46. The first-order chi connectivity index (χ1) is 14.2. The van der Waals surface area contributed by atoms with Crippen molar-refractivity contribution in [1.29, 1.82) is 5.26 Å². The number of nitrogens with zero attached hydrogens (tertiary/aromatic N) is 4. The Kier molecular flexibility index (Phi) is 4.62. The van der Waals surface area contributed by atoms with Gasteiger partial charge in [-0.3, -0.25) is 4.40 Å². The number of benzene rings is 1. The molecule has 4 heterocycles. The molecule has 1 aromatic carbocycles. The van der Waals surface area contributed by atoms with E-state index >= 15 is 0 Å². The number of para-hydroxylation sites is 2. The number of hydrogen-bond donors (Lipinski definition) is 0. The first-order valence-electron chi connectivity index (χ1n) is 10.1. The minimum absolute atomic E-state index is 0.430. The van der Waals surface area contributed by atoms with Crippen LogP contribution in [0.2, 0.25) is 0 Å². The van der Waals surface area contributed by atoms with Crippen LogP contribution in [0.4, 0.5) is 5.82 Å². The normalized spacial score (nSPS) is 18.7. The minimum atomic E-state index is -0.430. The number of nitriles is 1. The number of fused-ring (bicyclic) bond motifs is 3. The van der Waals surface area contributed by atoms with Crippen LogP contribution in [0.1, 0.15) is 29.5 Å². The number of piperidine rings is 1. The van der Waals surface area contributed by atoms with E-state index in [0.29, 0.717) is 36.7 Å². The zero-order valence-corrected chi connectivity index (χ0v) is 17.2. The van der Waals surface area contributed by atoms with E-state index in [-0.39, 0.29) is 0 Å². The smallest absolute Gasteiger partial charge is 0.171 e. The van der Waals surface area contributed by atoms with E-state index in [1.807, 2.05) is 25.1 Å². The lowest BCUT2D eigenvalue weighted by Gasteiger charge is -2.40. The van der Waals surface area contributed by atoms with Crippen molar-refractivity contribution in [3.63, 3.8) is 0 Å². The fourth-order valence-corrected chi connectivity index (χ4v) is 4.92. The molecule has 0 aliphatic carbocycles. The number of hydrogen-bond acceptors (Lipinski definition) is 5. The average molecular weight is 411 g/mol. The molecule has 0 bridgehead atoms. The first kappa shape index (κ1) is 18.7. The van der Waals surface area contributed by atoms with Gasteiger partial charge < -0.3 is 14.4 Å². The Labute approximate surface area is 174 Å². The molecule has 0 N–H and O–H groups in total. The molecule has 7 heteroatoms. The number of aromatic nitrogens is 2. The molecule has 1 spiro atoms. The summed E-state index contributed by atoms with van der Waals surface area (Å²) in [5.41, 5.74) is 5.34. The molecule has 5 rings (SSSR count). The highest BCUT2D eigenvalue weighted by atomic mass is 35.5. The Morgan fingerprint density at radius 2 is 1.93 bits per heavy atom. The molecule has 2 aromatic heterocycles. The maximum Gasteiger partial charge on any atom is 0.171 e. The highest BCUT2D eigenvalue weighted by Crippen LogP contribution is 2.38. The van der Waals surface area contributed by atoms with E-state index in [1.165, 1.54) is 0 Å². The van der Waals surface area contributed by atoms with Gasteiger partial charge in [0.2, 0.25) is 0 Å². The second kappa shape index (κ2) is 7.17. The molecule has 6 nitrogen and oxygen atoms in total. The van der Waals surface area contributed by atoms with Crippen molar-refractivity contribution >= 4 is 34.1 Å². The summed E-state index contributed by atoms with van der Waals surface area (Å²) >= 11 is 6.19. The molecule has 150 valence electrons. The summed E-state index contributed by atoms with van der Waals surface area (Å²) < 4.78 is 14.0. The maximum atomic E-state index is 9.89. The minimum Gasteiger partial charge on any atom is -0.357 e. The highest BCUT2D eigenvalue weighted by Gasteiger charge is 2.40. The number of ether oxygens (including phenoxy) is 2. The van der Waals surface area contributed by atoms with Gasteiger partial charge in [-0.05, 0) is 36.6 Å². The van der Waals surface area contributed by atoms with Crippen LogP contribution < -0.4 is 4.90 Å². The van der Waals surface area contributed by atoms with Crippen molar-refractivity contribution in [1.82, 2.24) is 9.38 Å². The van der Waals surface area contributed by atoms with Crippen molar-refractivity contribution in [3.8, 4) is 6.07 Å². The van der Waals surface area contributed by atoms with Crippen LogP contribution in [0, 0.1) is 18.3 Å². The summed E-state index contributed by atoms with van der Waals surface area (Å²) in [6.07, 6.45) is 2.34.